The largest absolute Gasteiger partial charge is 0.310 e. The molecule has 4 heteroatoms. The van der Waals surface area contributed by atoms with Gasteiger partial charge in [-0.3, -0.25) is 4.68 Å². The minimum Gasteiger partial charge on any atom is -0.310 e. The predicted molar refractivity (Wildman–Crippen MR) is 74.7 cm³/mol. The van der Waals surface area contributed by atoms with Crippen molar-refractivity contribution in [1.29, 1.82) is 0 Å². The lowest BCUT2D eigenvalue weighted by molar-refractivity contribution is 0.640. The molecule has 0 aliphatic carbocycles. The van der Waals surface area contributed by atoms with Crippen molar-refractivity contribution < 1.29 is 0 Å². The molecule has 3 nitrogen and oxygen atoms in total. The van der Waals surface area contributed by atoms with E-state index in [1.165, 1.54) is 16.9 Å². The summed E-state index contributed by atoms with van der Waals surface area (Å²) in [6.45, 7) is 1.89. The molecule has 0 bridgehead atoms. The first-order valence-corrected chi connectivity index (χ1v) is 7.13. The number of hydrogen-bond acceptors (Lipinski definition) is 3. The summed E-state index contributed by atoms with van der Waals surface area (Å²) < 4.78 is 1.84. The third kappa shape index (κ3) is 2.60. The molecule has 94 valence electrons. The van der Waals surface area contributed by atoms with Gasteiger partial charge in [-0.25, -0.2) is 0 Å². The van der Waals surface area contributed by atoms with Crippen molar-refractivity contribution in [2.24, 2.45) is 7.05 Å². The second-order valence-corrected chi connectivity index (χ2v) is 6.01. The number of aryl methyl sites for hydroxylation is 1. The minimum atomic E-state index is 0.658. The van der Waals surface area contributed by atoms with E-state index in [0.29, 0.717) is 5.25 Å². The van der Waals surface area contributed by atoms with Gasteiger partial charge in [0.1, 0.15) is 0 Å². The number of aromatic nitrogens is 2. The van der Waals surface area contributed by atoms with Gasteiger partial charge in [-0.1, -0.05) is 18.2 Å². The number of hydrogen-bond donors (Lipinski definition) is 1. The van der Waals surface area contributed by atoms with Crippen LogP contribution in [-0.4, -0.2) is 21.6 Å². The molecular formula is C14H17N3S. The number of rotatable bonds is 4. The van der Waals surface area contributed by atoms with E-state index >= 15 is 0 Å². The summed E-state index contributed by atoms with van der Waals surface area (Å²) >= 11 is 1.99. The Labute approximate surface area is 112 Å². The van der Waals surface area contributed by atoms with E-state index in [1.807, 2.05) is 29.7 Å². The lowest BCUT2D eigenvalue weighted by Gasteiger charge is -2.08. The first-order chi connectivity index (χ1) is 8.81. The lowest BCUT2D eigenvalue weighted by atomic mass is 10.1. The monoisotopic (exact) mass is 259 g/mol. The van der Waals surface area contributed by atoms with Crippen molar-refractivity contribution in [3.05, 3.63) is 47.8 Å². The van der Waals surface area contributed by atoms with Gasteiger partial charge in [-0.05, 0) is 24.1 Å². The van der Waals surface area contributed by atoms with Crippen LogP contribution in [0.4, 0.5) is 0 Å². The number of fused-ring (bicyclic) bond motifs is 1. The van der Waals surface area contributed by atoms with E-state index in [1.54, 1.807) is 0 Å². The fourth-order valence-corrected chi connectivity index (χ4v) is 3.57. The van der Waals surface area contributed by atoms with Crippen molar-refractivity contribution >= 4 is 11.8 Å². The van der Waals surface area contributed by atoms with Crippen molar-refractivity contribution in [3.8, 4) is 0 Å². The van der Waals surface area contributed by atoms with Gasteiger partial charge in [0.05, 0.1) is 5.69 Å². The van der Waals surface area contributed by atoms with Crippen LogP contribution in [0.15, 0.2) is 41.4 Å². The van der Waals surface area contributed by atoms with Gasteiger partial charge in [0.25, 0.3) is 0 Å². The van der Waals surface area contributed by atoms with Crippen LogP contribution in [0.25, 0.3) is 0 Å². The molecule has 1 N–H and O–H groups in total. The Balaban J connectivity index is 1.48. The minimum absolute atomic E-state index is 0.658. The Morgan fingerprint density at radius 3 is 3.06 bits per heavy atom. The molecule has 18 heavy (non-hydrogen) atoms. The smallest absolute Gasteiger partial charge is 0.0762 e. The summed E-state index contributed by atoms with van der Waals surface area (Å²) in [6, 6.07) is 10.8. The molecule has 1 aromatic heterocycles. The van der Waals surface area contributed by atoms with E-state index in [0.717, 1.165) is 18.8 Å². The highest BCUT2D eigenvalue weighted by atomic mass is 32.2. The average Bonchev–Trinajstić information content (AvgIpc) is 2.95. The maximum Gasteiger partial charge on any atom is 0.0762 e. The molecule has 1 aliphatic rings. The maximum absolute atomic E-state index is 4.36. The fraction of sp³-hybridized carbons (Fsp3) is 0.357. The third-order valence-corrected chi connectivity index (χ3v) is 4.48. The lowest BCUT2D eigenvalue weighted by Crippen LogP contribution is -2.24. The zero-order valence-corrected chi connectivity index (χ0v) is 11.3. The average molecular weight is 259 g/mol. The van der Waals surface area contributed by atoms with E-state index in [2.05, 4.69) is 40.7 Å². The summed E-state index contributed by atoms with van der Waals surface area (Å²) in [5.41, 5.74) is 2.60. The third-order valence-electron chi connectivity index (χ3n) is 3.16. The standard InChI is InChI=1S/C14H17N3S/c1-17-7-6-12(16-17)9-15-10-13-8-11-4-2-3-5-14(11)18-13/h2-7,13,15H,8-10H2,1H3. The predicted octanol–water partition coefficient (Wildman–Crippen LogP) is 2.23. The summed E-state index contributed by atoms with van der Waals surface area (Å²) in [4.78, 5) is 1.45. The molecular weight excluding hydrogens is 242 g/mol. The molecule has 0 saturated heterocycles. The Bertz CT molecular complexity index is 510. The molecule has 3 rings (SSSR count). The summed E-state index contributed by atoms with van der Waals surface area (Å²) in [5, 5.41) is 8.52. The molecule has 2 heterocycles. The van der Waals surface area contributed by atoms with Crippen molar-refractivity contribution in [1.82, 2.24) is 15.1 Å². The SMILES string of the molecule is Cn1ccc(CNCC2Cc3ccccc3S2)n1. The Morgan fingerprint density at radius 2 is 2.28 bits per heavy atom. The quantitative estimate of drug-likeness (QED) is 0.913. The van der Waals surface area contributed by atoms with Crippen LogP contribution in [0.2, 0.25) is 0 Å². The van der Waals surface area contributed by atoms with Crippen LogP contribution in [0.5, 0.6) is 0 Å². The number of benzene rings is 1. The van der Waals surface area contributed by atoms with E-state index < -0.39 is 0 Å². The Morgan fingerprint density at radius 1 is 1.39 bits per heavy atom. The van der Waals surface area contributed by atoms with Crippen molar-refractivity contribution in [2.45, 2.75) is 23.1 Å². The Kier molecular flexibility index (Phi) is 3.39. The van der Waals surface area contributed by atoms with Crippen LogP contribution in [0, 0.1) is 0 Å². The van der Waals surface area contributed by atoms with Gasteiger partial charge in [0.15, 0.2) is 0 Å². The summed E-state index contributed by atoms with van der Waals surface area (Å²) in [7, 11) is 1.95. The highest BCUT2D eigenvalue weighted by molar-refractivity contribution is 8.00. The fourth-order valence-electron chi connectivity index (χ4n) is 2.29. The first kappa shape index (κ1) is 11.8. The zero-order valence-electron chi connectivity index (χ0n) is 10.5. The van der Waals surface area contributed by atoms with Gasteiger partial charge in [0, 0.05) is 36.5 Å². The molecule has 2 aromatic rings. The van der Waals surface area contributed by atoms with Gasteiger partial charge in [-0.2, -0.15) is 5.10 Å². The maximum atomic E-state index is 4.36. The highest BCUT2D eigenvalue weighted by Crippen LogP contribution is 2.36. The molecule has 1 aliphatic heterocycles. The zero-order chi connectivity index (χ0) is 12.4. The van der Waals surface area contributed by atoms with Crippen molar-refractivity contribution in [3.63, 3.8) is 0 Å². The van der Waals surface area contributed by atoms with Crippen LogP contribution in [-0.2, 0) is 20.0 Å². The number of thioether (sulfide) groups is 1. The second-order valence-electron chi connectivity index (χ2n) is 4.66. The van der Waals surface area contributed by atoms with E-state index in [9.17, 15) is 0 Å². The van der Waals surface area contributed by atoms with E-state index in [-0.39, 0.29) is 0 Å². The second kappa shape index (κ2) is 5.16. The van der Waals surface area contributed by atoms with Gasteiger partial charge in [0.2, 0.25) is 0 Å². The van der Waals surface area contributed by atoms with Crippen LogP contribution in [0.1, 0.15) is 11.3 Å². The molecule has 0 radical (unpaired) electrons. The number of nitrogens with one attached hydrogen (secondary N) is 1. The normalized spacial score (nSPS) is 17.9. The topological polar surface area (TPSA) is 29.9 Å². The van der Waals surface area contributed by atoms with E-state index in [4.69, 9.17) is 0 Å². The molecule has 1 aromatic carbocycles. The summed E-state index contributed by atoms with van der Waals surface area (Å²) in [6.07, 6.45) is 3.16. The molecule has 1 atom stereocenters. The molecule has 0 fully saturated rings. The number of nitrogens with zero attached hydrogens (tertiary/aromatic N) is 2. The van der Waals surface area contributed by atoms with Gasteiger partial charge >= 0.3 is 0 Å². The first-order valence-electron chi connectivity index (χ1n) is 6.25. The molecule has 0 amide bonds. The molecule has 0 saturated carbocycles. The molecule has 1 unspecified atom stereocenters. The van der Waals surface area contributed by atoms with Crippen LogP contribution in [0.3, 0.4) is 0 Å². The van der Waals surface area contributed by atoms with Gasteiger partial charge in [-0.15, -0.1) is 11.8 Å². The Hall–Kier alpha value is -1.26. The highest BCUT2D eigenvalue weighted by Gasteiger charge is 2.21. The van der Waals surface area contributed by atoms with Crippen molar-refractivity contribution in [2.75, 3.05) is 6.54 Å². The molecule has 0 spiro atoms. The van der Waals surface area contributed by atoms with Crippen LogP contribution < -0.4 is 5.32 Å². The summed E-state index contributed by atoms with van der Waals surface area (Å²) in [5.74, 6) is 0. The van der Waals surface area contributed by atoms with Crippen LogP contribution >= 0.6 is 11.8 Å². The van der Waals surface area contributed by atoms with Gasteiger partial charge < -0.3 is 5.32 Å².